The molecule has 1 aromatic carbocycles. The zero-order valence-corrected chi connectivity index (χ0v) is 9.98. The number of fused-ring (bicyclic) bond motifs is 1. The van der Waals surface area contributed by atoms with Gasteiger partial charge in [-0.25, -0.2) is 0 Å². The zero-order chi connectivity index (χ0) is 12.4. The molecule has 3 rings (SSSR count). The molecule has 2 saturated carbocycles. The molecule has 3 nitrogen and oxygen atoms in total. The van der Waals surface area contributed by atoms with Gasteiger partial charge in [-0.3, -0.25) is 10.1 Å². The van der Waals surface area contributed by atoms with E-state index < -0.39 is 4.92 Å². The summed E-state index contributed by atoms with van der Waals surface area (Å²) in [5, 5.41) is 10.6. The number of benzene rings is 1. The molecule has 0 N–H and O–H groups in total. The van der Waals surface area contributed by atoms with Crippen LogP contribution in [-0.4, -0.2) is 4.92 Å². The van der Waals surface area contributed by atoms with Crippen LogP contribution < -0.4 is 0 Å². The molecule has 2 aliphatic rings. The van der Waals surface area contributed by atoms with Gasteiger partial charge in [-0.05, 0) is 37.2 Å². The molecular weight excluding hydrogens is 238 g/mol. The number of hydrogen-bond acceptors (Lipinski definition) is 2. The van der Waals surface area contributed by atoms with Gasteiger partial charge in [0.05, 0.1) is 4.92 Å². The molecule has 17 heavy (non-hydrogen) atoms. The Hall–Kier alpha value is -1.53. The quantitative estimate of drug-likeness (QED) is 0.433. The van der Waals surface area contributed by atoms with Crippen LogP contribution in [0.2, 0.25) is 5.02 Å². The van der Waals surface area contributed by atoms with Gasteiger partial charge >= 0.3 is 0 Å². The smallest absolute Gasteiger partial charge is 0.258 e. The van der Waals surface area contributed by atoms with Gasteiger partial charge in [0.1, 0.15) is 0 Å². The van der Waals surface area contributed by atoms with Crippen LogP contribution in [0.5, 0.6) is 0 Å². The van der Waals surface area contributed by atoms with Gasteiger partial charge in [-0.1, -0.05) is 17.5 Å². The molecule has 0 spiro atoms. The van der Waals surface area contributed by atoms with Crippen LogP contribution in [0.4, 0.5) is 5.69 Å². The maximum atomic E-state index is 10.3. The molecule has 2 unspecified atom stereocenters. The molecule has 0 radical (unpaired) electrons. The van der Waals surface area contributed by atoms with Gasteiger partial charge in [0, 0.05) is 22.7 Å². The van der Waals surface area contributed by atoms with E-state index in [-0.39, 0.29) is 10.7 Å². The number of nitrogens with zero attached hydrogens (tertiary/aromatic N) is 1. The number of halogens is 1. The second-order valence-electron chi connectivity index (χ2n) is 4.43. The van der Waals surface area contributed by atoms with E-state index in [1.165, 1.54) is 30.0 Å². The van der Waals surface area contributed by atoms with E-state index in [1.807, 2.05) is 0 Å². The Morgan fingerprint density at radius 3 is 2.35 bits per heavy atom. The Morgan fingerprint density at radius 2 is 2.00 bits per heavy atom. The summed E-state index contributed by atoms with van der Waals surface area (Å²) in [4.78, 5) is 9.76. The van der Waals surface area contributed by atoms with E-state index in [0.717, 1.165) is 0 Å². The van der Waals surface area contributed by atoms with Crippen molar-refractivity contribution in [2.45, 2.75) is 19.3 Å². The van der Waals surface area contributed by atoms with E-state index >= 15 is 0 Å². The Kier molecular flexibility index (Phi) is 3.35. The maximum absolute atomic E-state index is 10.3. The van der Waals surface area contributed by atoms with Crippen molar-refractivity contribution in [3.05, 3.63) is 38.9 Å². The fraction of sp³-hybridized carbons (Fsp3) is 0.385. The summed E-state index contributed by atoms with van der Waals surface area (Å²) in [6.45, 7) is 0. The SMILES string of the molecule is C#Cc1cc(Cl)cc([N+](=O)[O-])c1.C1CC2CC12. The highest BCUT2D eigenvalue weighted by molar-refractivity contribution is 6.30. The Bertz CT molecular complexity index is 481. The van der Waals surface area contributed by atoms with Crippen molar-refractivity contribution < 1.29 is 4.92 Å². The molecule has 0 amide bonds. The maximum Gasteiger partial charge on any atom is 0.272 e. The van der Waals surface area contributed by atoms with Gasteiger partial charge in [0.25, 0.3) is 5.69 Å². The van der Waals surface area contributed by atoms with Gasteiger partial charge < -0.3 is 0 Å². The third-order valence-electron chi connectivity index (χ3n) is 3.24. The fourth-order valence-electron chi connectivity index (χ4n) is 1.95. The highest BCUT2D eigenvalue weighted by Gasteiger charge is 2.44. The summed E-state index contributed by atoms with van der Waals surface area (Å²) in [5.41, 5.74) is 0.324. The summed E-state index contributed by atoms with van der Waals surface area (Å²) < 4.78 is 0. The lowest BCUT2D eigenvalue weighted by atomic mass is 10.0. The first-order chi connectivity index (χ1) is 8.10. The molecule has 2 aliphatic carbocycles. The van der Waals surface area contributed by atoms with Crippen molar-refractivity contribution in [1.29, 1.82) is 0 Å². The molecule has 2 atom stereocenters. The van der Waals surface area contributed by atoms with E-state index in [0.29, 0.717) is 5.56 Å². The van der Waals surface area contributed by atoms with Crippen LogP contribution in [0.15, 0.2) is 18.2 Å². The second kappa shape index (κ2) is 4.77. The average Bonchev–Trinajstić information content (AvgIpc) is 2.85. The Labute approximate surface area is 105 Å². The average molecular weight is 250 g/mol. The minimum Gasteiger partial charge on any atom is -0.258 e. The van der Waals surface area contributed by atoms with Crippen molar-refractivity contribution in [3.63, 3.8) is 0 Å². The largest absolute Gasteiger partial charge is 0.272 e. The van der Waals surface area contributed by atoms with Crippen LogP contribution in [-0.2, 0) is 0 Å². The highest BCUT2D eigenvalue weighted by Crippen LogP contribution is 2.55. The molecule has 0 aliphatic heterocycles. The number of rotatable bonds is 1. The van der Waals surface area contributed by atoms with Gasteiger partial charge in [0.2, 0.25) is 0 Å². The van der Waals surface area contributed by atoms with Crippen LogP contribution in [0.1, 0.15) is 24.8 Å². The van der Waals surface area contributed by atoms with Crippen LogP contribution >= 0.6 is 11.6 Å². The van der Waals surface area contributed by atoms with Crippen molar-refractivity contribution in [3.8, 4) is 12.3 Å². The van der Waals surface area contributed by atoms with E-state index in [9.17, 15) is 10.1 Å². The summed E-state index contributed by atoms with van der Waals surface area (Å²) in [6, 6.07) is 4.04. The van der Waals surface area contributed by atoms with Gasteiger partial charge in [-0.15, -0.1) is 6.42 Å². The molecule has 2 fully saturated rings. The number of nitro benzene ring substituents is 1. The van der Waals surface area contributed by atoms with Crippen molar-refractivity contribution in [1.82, 2.24) is 0 Å². The normalized spacial score (nSPS) is 23.3. The third-order valence-corrected chi connectivity index (χ3v) is 3.46. The number of nitro groups is 1. The van der Waals surface area contributed by atoms with Crippen molar-refractivity contribution in [2.75, 3.05) is 0 Å². The fourth-order valence-corrected chi connectivity index (χ4v) is 2.18. The number of terminal acetylenes is 1. The monoisotopic (exact) mass is 249 g/mol. The summed E-state index contributed by atoms with van der Waals surface area (Å²) in [7, 11) is 0. The van der Waals surface area contributed by atoms with E-state index in [2.05, 4.69) is 5.92 Å². The molecule has 0 bridgehead atoms. The lowest BCUT2D eigenvalue weighted by Crippen LogP contribution is -1.93. The minimum absolute atomic E-state index is 0.0875. The summed E-state index contributed by atoms with van der Waals surface area (Å²) in [5.74, 6) is 4.74. The van der Waals surface area contributed by atoms with Crippen LogP contribution in [0, 0.1) is 34.3 Å². The summed E-state index contributed by atoms with van der Waals surface area (Å²) >= 11 is 5.57. The lowest BCUT2D eigenvalue weighted by molar-refractivity contribution is -0.384. The topological polar surface area (TPSA) is 43.1 Å². The zero-order valence-electron chi connectivity index (χ0n) is 9.23. The molecule has 1 aromatic rings. The first kappa shape index (κ1) is 11.9. The van der Waals surface area contributed by atoms with Crippen LogP contribution in [0.25, 0.3) is 0 Å². The molecule has 4 heteroatoms. The highest BCUT2D eigenvalue weighted by atomic mass is 35.5. The van der Waals surface area contributed by atoms with Crippen molar-refractivity contribution >= 4 is 17.3 Å². The number of non-ortho nitro benzene ring substituents is 1. The molecule has 0 heterocycles. The van der Waals surface area contributed by atoms with Crippen LogP contribution in [0.3, 0.4) is 0 Å². The predicted octanol–water partition coefficient (Wildman–Crippen LogP) is 3.65. The summed E-state index contributed by atoms with van der Waals surface area (Å²) in [6.07, 6.45) is 9.76. The van der Waals surface area contributed by atoms with E-state index in [4.69, 9.17) is 18.0 Å². The van der Waals surface area contributed by atoms with Gasteiger partial charge in [-0.2, -0.15) is 0 Å². The lowest BCUT2D eigenvalue weighted by Gasteiger charge is -2.04. The Morgan fingerprint density at radius 1 is 1.35 bits per heavy atom. The number of hydrogen-bond donors (Lipinski definition) is 0. The first-order valence-electron chi connectivity index (χ1n) is 5.51. The standard InChI is InChI=1S/C8H4ClNO2.C5H8/c1-2-6-3-7(9)5-8(4-6)10(11)12;1-2-5-3-4(1)5/h1,3-5H;4-5H,1-3H2. The second-order valence-corrected chi connectivity index (χ2v) is 4.87. The third kappa shape index (κ3) is 2.98. The van der Waals surface area contributed by atoms with Gasteiger partial charge in [0.15, 0.2) is 0 Å². The predicted molar refractivity (Wildman–Crippen MR) is 66.9 cm³/mol. The molecule has 0 aromatic heterocycles. The first-order valence-corrected chi connectivity index (χ1v) is 5.89. The van der Waals surface area contributed by atoms with Crippen molar-refractivity contribution in [2.24, 2.45) is 11.8 Å². The minimum atomic E-state index is -0.535. The molecule has 0 saturated heterocycles. The molecular formula is C13H12ClNO2. The molecule has 88 valence electrons. The Balaban J connectivity index is 0.000000174. The van der Waals surface area contributed by atoms with E-state index in [1.54, 1.807) is 19.3 Å².